The minimum Gasteiger partial charge on any atom is -0.368 e. The third-order valence-corrected chi connectivity index (χ3v) is 4.19. The lowest BCUT2D eigenvalue weighted by atomic mass is 9.94. The molecule has 0 bridgehead atoms. The van der Waals surface area contributed by atoms with Crippen LogP contribution in [0.4, 0.5) is 0 Å². The molecule has 1 atom stereocenters. The van der Waals surface area contributed by atoms with Crippen LogP contribution in [-0.2, 0) is 4.79 Å². The van der Waals surface area contributed by atoms with Crippen LogP contribution >= 0.6 is 0 Å². The summed E-state index contributed by atoms with van der Waals surface area (Å²) >= 11 is 0. The van der Waals surface area contributed by atoms with Gasteiger partial charge in [0.2, 0.25) is 5.91 Å². The molecular weight excluding hydrogens is 216 g/mol. The van der Waals surface area contributed by atoms with Crippen molar-refractivity contribution in [1.82, 2.24) is 15.1 Å². The normalized spacial score (nSPS) is 32.2. The summed E-state index contributed by atoms with van der Waals surface area (Å²) in [5.74, 6) is -0.150. The number of nitrogens with zero attached hydrogens (tertiary/aromatic N) is 2. The van der Waals surface area contributed by atoms with E-state index in [4.69, 9.17) is 5.73 Å². The summed E-state index contributed by atoms with van der Waals surface area (Å²) in [7, 11) is 0. The number of nitrogens with two attached hydrogens (primary N) is 1. The molecule has 0 radical (unpaired) electrons. The van der Waals surface area contributed by atoms with Gasteiger partial charge in [-0.15, -0.1) is 0 Å². The molecule has 1 unspecified atom stereocenters. The van der Waals surface area contributed by atoms with Gasteiger partial charge in [0.25, 0.3) is 0 Å². The molecule has 0 aromatic carbocycles. The number of amides is 1. The van der Waals surface area contributed by atoms with Crippen molar-refractivity contribution in [1.29, 1.82) is 0 Å². The molecule has 2 heterocycles. The zero-order valence-electron chi connectivity index (χ0n) is 10.9. The highest BCUT2D eigenvalue weighted by molar-refractivity contribution is 5.85. The highest BCUT2D eigenvalue weighted by Gasteiger charge is 2.48. The van der Waals surface area contributed by atoms with E-state index in [0.29, 0.717) is 6.04 Å². The van der Waals surface area contributed by atoms with Crippen LogP contribution < -0.4 is 11.1 Å². The van der Waals surface area contributed by atoms with E-state index in [1.165, 1.54) is 0 Å². The van der Waals surface area contributed by atoms with Gasteiger partial charge in [0.15, 0.2) is 0 Å². The van der Waals surface area contributed by atoms with E-state index in [-0.39, 0.29) is 5.91 Å². The maximum Gasteiger partial charge on any atom is 0.239 e. The maximum absolute atomic E-state index is 11.9. The molecule has 17 heavy (non-hydrogen) atoms. The van der Waals surface area contributed by atoms with Gasteiger partial charge in [-0.1, -0.05) is 0 Å². The Morgan fingerprint density at radius 3 is 2.41 bits per heavy atom. The molecule has 5 heteroatoms. The van der Waals surface area contributed by atoms with E-state index < -0.39 is 5.54 Å². The predicted octanol–water partition coefficient (Wildman–Crippen LogP) is -0.770. The minimum absolute atomic E-state index is 0.150. The summed E-state index contributed by atoms with van der Waals surface area (Å²) in [5.41, 5.74) is 5.27. The Morgan fingerprint density at radius 2 is 1.94 bits per heavy atom. The first-order valence-electron chi connectivity index (χ1n) is 6.56. The number of primary amides is 1. The average molecular weight is 240 g/mol. The molecular formula is C12H24N4O. The lowest BCUT2D eigenvalue weighted by Crippen LogP contribution is -2.63. The van der Waals surface area contributed by atoms with Crippen LogP contribution in [0.25, 0.3) is 0 Å². The standard InChI is InChI=1S/C12H24N4O/c1-10(2)15-6-3-12(9-15,11(13)17)16-7-4-14-5-8-16/h10,14H,3-9H2,1-2H3,(H2,13,17). The van der Waals surface area contributed by atoms with Crippen LogP contribution in [0, 0.1) is 0 Å². The molecule has 0 aromatic rings. The van der Waals surface area contributed by atoms with Crippen molar-refractivity contribution >= 4 is 5.91 Å². The van der Waals surface area contributed by atoms with Crippen molar-refractivity contribution in [2.24, 2.45) is 5.73 Å². The number of rotatable bonds is 3. The number of carbonyl (C=O) groups excluding carboxylic acids is 1. The largest absolute Gasteiger partial charge is 0.368 e. The second-order valence-electron chi connectivity index (χ2n) is 5.45. The van der Waals surface area contributed by atoms with Crippen LogP contribution in [0.15, 0.2) is 0 Å². The number of hydrogen-bond acceptors (Lipinski definition) is 4. The topological polar surface area (TPSA) is 61.6 Å². The van der Waals surface area contributed by atoms with E-state index in [1.807, 2.05) is 0 Å². The number of carbonyl (C=O) groups is 1. The van der Waals surface area contributed by atoms with Gasteiger partial charge in [0.05, 0.1) is 0 Å². The summed E-state index contributed by atoms with van der Waals surface area (Å²) in [6.45, 7) is 9.88. The molecule has 0 aromatic heterocycles. The summed E-state index contributed by atoms with van der Waals surface area (Å²) in [6.07, 6.45) is 0.876. The molecule has 2 rings (SSSR count). The smallest absolute Gasteiger partial charge is 0.239 e. The van der Waals surface area contributed by atoms with Crippen molar-refractivity contribution < 1.29 is 4.79 Å². The second-order valence-corrected chi connectivity index (χ2v) is 5.45. The molecule has 0 aliphatic carbocycles. The van der Waals surface area contributed by atoms with E-state index >= 15 is 0 Å². The Labute approximate surface area is 103 Å². The van der Waals surface area contributed by atoms with Crippen molar-refractivity contribution in [3.8, 4) is 0 Å². The molecule has 0 saturated carbocycles. The van der Waals surface area contributed by atoms with Crippen molar-refractivity contribution in [2.45, 2.75) is 31.8 Å². The number of nitrogens with one attached hydrogen (secondary N) is 1. The molecule has 2 aliphatic heterocycles. The van der Waals surface area contributed by atoms with Gasteiger partial charge in [-0.05, 0) is 20.3 Å². The first-order valence-corrected chi connectivity index (χ1v) is 6.56. The molecule has 1 amide bonds. The summed E-state index contributed by atoms with van der Waals surface area (Å²) in [4.78, 5) is 16.6. The zero-order chi connectivity index (χ0) is 12.5. The van der Waals surface area contributed by atoms with Crippen molar-refractivity contribution in [3.63, 3.8) is 0 Å². The first-order chi connectivity index (χ1) is 8.06. The Hall–Kier alpha value is -0.650. The third kappa shape index (κ3) is 2.32. The molecule has 5 nitrogen and oxygen atoms in total. The van der Waals surface area contributed by atoms with Crippen LogP contribution in [0.2, 0.25) is 0 Å². The average Bonchev–Trinajstić information content (AvgIpc) is 2.76. The molecule has 2 saturated heterocycles. The van der Waals surface area contributed by atoms with E-state index in [1.54, 1.807) is 0 Å². The number of piperazine rings is 1. The van der Waals surface area contributed by atoms with E-state index in [9.17, 15) is 4.79 Å². The Bertz CT molecular complexity index is 288. The predicted molar refractivity (Wildman–Crippen MR) is 67.7 cm³/mol. The van der Waals surface area contributed by atoms with Gasteiger partial charge in [-0.2, -0.15) is 0 Å². The van der Waals surface area contributed by atoms with Crippen LogP contribution in [0.3, 0.4) is 0 Å². The molecule has 0 spiro atoms. The van der Waals surface area contributed by atoms with Crippen LogP contribution in [0.1, 0.15) is 20.3 Å². The van der Waals surface area contributed by atoms with Gasteiger partial charge < -0.3 is 11.1 Å². The van der Waals surface area contributed by atoms with Gasteiger partial charge in [-0.25, -0.2) is 0 Å². The highest BCUT2D eigenvalue weighted by Crippen LogP contribution is 2.29. The lowest BCUT2D eigenvalue weighted by molar-refractivity contribution is -0.130. The van der Waals surface area contributed by atoms with Gasteiger partial charge in [0, 0.05) is 45.3 Å². The molecule has 98 valence electrons. The minimum atomic E-state index is -0.424. The van der Waals surface area contributed by atoms with Gasteiger partial charge in [0.1, 0.15) is 5.54 Å². The fourth-order valence-corrected chi connectivity index (χ4v) is 2.97. The van der Waals surface area contributed by atoms with Crippen molar-refractivity contribution in [2.75, 3.05) is 39.3 Å². The Morgan fingerprint density at radius 1 is 1.29 bits per heavy atom. The summed E-state index contributed by atoms with van der Waals surface area (Å²) in [6, 6.07) is 0.485. The lowest BCUT2D eigenvalue weighted by Gasteiger charge is -2.41. The third-order valence-electron chi connectivity index (χ3n) is 4.19. The Kier molecular flexibility index (Phi) is 3.70. The molecule has 2 fully saturated rings. The fourth-order valence-electron chi connectivity index (χ4n) is 2.97. The first kappa shape index (κ1) is 12.8. The second kappa shape index (κ2) is 4.92. The van der Waals surface area contributed by atoms with E-state index in [2.05, 4.69) is 29.0 Å². The maximum atomic E-state index is 11.9. The Balaban J connectivity index is 2.13. The number of hydrogen-bond donors (Lipinski definition) is 2. The van der Waals surface area contributed by atoms with Crippen LogP contribution in [0.5, 0.6) is 0 Å². The highest BCUT2D eigenvalue weighted by atomic mass is 16.1. The summed E-state index contributed by atoms with van der Waals surface area (Å²) in [5, 5.41) is 3.32. The quantitative estimate of drug-likeness (QED) is 0.680. The SMILES string of the molecule is CC(C)N1CCC(C(N)=O)(N2CCNCC2)C1. The monoisotopic (exact) mass is 240 g/mol. The van der Waals surface area contributed by atoms with Gasteiger partial charge in [-0.3, -0.25) is 14.6 Å². The molecule has 3 N–H and O–H groups in total. The van der Waals surface area contributed by atoms with E-state index in [0.717, 1.165) is 45.7 Å². The number of likely N-dealkylation sites (tertiary alicyclic amines) is 1. The summed E-state index contributed by atoms with van der Waals surface area (Å²) < 4.78 is 0. The zero-order valence-corrected chi connectivity index (χ0v) is 10.9. The fraction of sp³-hybridized carbons (Fsp3) is 0.917. The van der Waals surface area contributed by atoms with Crippen molar-refractivity contribution in [3.05, 3.63) is 0 Å². The molecule has 2 aliphatic rings. The van der Waals surface area contributed by atoms with Gasteiger partial charge >= 0.3 is 0 Å². The van der Waals surface area contributed by atoms with Crippen LogP contribution in [-0.4, -0.2) is 66.6 Å².